The molecule has 0 unspecified atom stereocenters. The normalized spacial score (nSPS) is 14.9. The SMILES string of the molecule is COc1cccc(CCNc2ccnc(C(=O)N3CCN(C)CC3)c2)c1. The van der Waals surface area contributed by atoms with Crippen molar-refractivity contribution < 1.29 is 9.53 Å². The zero-order valence-corrected chi connectivity index (χ0v) is 15.4. The fraction of sp³-hybridized carbons (Fsp3) is 0.400. The van der Waals surface area contributed by atoms with Gasteiger partial charge in [-0.2, -0.15) is 0 Å². The minimum atomic E-state index is 0.00884. The first kappa shape index (κ1) is 18.2. The summed E-state index contributed by atoms with van der Waals surface area (Å²) in [7, 11) is 3.75. The molecule has 0 atom stereocenters. The molecule has 6 heteroatoms. The van der Waals surface area contributed by atoms with Gasteiger partial charge in [-0.1, -0.05) is 12.1 Å². The largest absolute Gasteiger partial charge is 0.497 e. The monoisotopic (exact) mass is 354 g/mol. The highest BCUT2D eigenvalue weighted by molar-refractivity contribution is 5.93. The molecule has 1 N–H and O–H groups in total. The van der Waals surface area contributed by atoms with Crippen molar-refractivity contribution in [3.63, 3.8) is 0 Å². The van der Waals surface area contributed by atoms with Gasteiger partial charge in [-0.3, -0.25) is 9.78 Å². The van der Waals surface area contributed by atoms with E-state index in [9.17, 15) is 4.79 Å². The predicted molar refractivity (Wildman–Crippen MR) is 103 cm³/mol. The van der Waals surface area contributed by atoms with Gasteiger partial charge in [0.1, 0.15) is 11.4 Å². The number of hydrogen-bond acceptors (Lipinski definition) is 5. The second kappa shape index (κ2) is 8.67. The highest BCUT2D eigenvalue weighted by atomic mass is 16.5. The van der Waals surface area contributed by atoms with Crippen molar-refractivity contribution in [1.82, 2.24) is 14.8 Å². The average Bonchev–Trinajstić information content (AvgIpc) is 2.68. The lowest BCUT2D eigenvalue weighted by molar-refractivity contribution is 0.0658. The first-order valence-corrected chi connectivity index (χ1v) is 8.96. The number of pyridine rings is 1. The van der Waals surface area contributed by atoms with Crippen molar-refractivity contribution in [2.24, 2.45) is 0 Å². The molecule has 138 valence electrons. The fourth-order valence-corrected chi connectivity index (χ4v) is 3.01. The van der Waals surface area contributed by atoms with Gasteiger partial charge in [0.25, 0.3) is 5.91 Å². The van der Waals surface area contributed by atoms with Gasteiger partial charge in [-0.25, -0.2) is 0 Å². The molecule has 1 aromatic heterocycles. The number of carbonyl (C=O) groups excluding carboxylic acids is 1. The van der Waals surface area contributed by atoms with Gasteiger partial charge < -0.3 is 19.9 Å². The Labute approximate surface area is 154 Å². The number of nitrogens with zero attached hydrogens (tertiary/aromatic N) is 3. The number of ether oxygens (including phenoxy) is 1. The topological polar surface area (TPSA) is 57.7 Å². The quantitative estimate of drug-likeness (QED) is 0.861. The molecule has 3 rings (SSSR count). The van der Waals surface area contributed by atoms with Gasteiger partial charge >= 0.3 is 0 Å². The summed E-state index contributed by atoms with van der Waals surface area (Å²) >= 11 is 0. The second-order valence-corrected chi connectivity index (χ2v) is 6.55. The third-order valence-electron chi connectivity index (χ3n) is 4.65. The van der Waals surface area contributed by atoms with Gasteiger partial charge in [-0.05, 0) is 43.3 Å². The third kappa shape index (κ3) is 4.73. The van der Waals surface area contributed by atoms with Gasteiger partial charge in [0.15, 0.2) is 0 Å². The number of benzene rings is 1. The number of amides is 1. The Bertz CT molecular complexity index is 742. The number of piperazine rings is 1. The van der Waals surface area contributed by atoms with Crippen LogP contribution in [0.4, 0.5) is 5.69 Å². The molecular formula is C20H26N4O2. The molecule has 0 bridgehead atoms. The van der Waals surface area contributed by atoms with E-state index in [4.69, 9.17) is 4.74 Å². The minimum absolute atomic E-state index is 0.00884. The van der Waals surface area contributed by atoms with Gasteiger partial charge in [0.05, 0.1) is 7.11 Å². The van der Waals surface area contributed by atoms with Crippen LogP contribution in [0.5, 0.6) is 5.75 Å². The summed E-state index contributed by atoms with van der Waals surface area (Å²) in [6.07, 6.45) is 2.57. The van der Waals surface area contributed by atoms with Crippen LogP contribution in [0, 0.1) is 0 Å². The number of nitrogens with one attached hydrogen (secondary N) is 1. The zero-order chi connectivity index (χ0) is 18.4. The van der Waals surface area contributed by atoms with E-state index in [0.29, 0.717) is 5.69 Å². The molecule has 1 amide bonds. The molecule has 26 heavy (non-hydrogen) atoms. The van der Waals surface area contributed by atoms with Crippen LogP contribution in [0.25, 0.3) is 0 Å². The summed E-state index contributed by atoms with van der Waals surface area (Å²) in [4.78, 5) is 21.0. The maximum atomic E-state index is 12.6. The summed E-state index contributed by atoms with van der Waals surface area (Å²) in [5.74, 6) is 0.876. The molecule has 0 radical (unpaired) electrons. The number of methoxy groups -OCH3 is 1. The van der Waals surface area contributed by atoms with E-state index in [2.05, 4.69) is 28.3 Å². The Morgan fingerprint density at radius 2 is 2.00 bits per heavy atom. The van der Waals surface area contributed by atoms with Crippen molar-refractivity contribution in [2.45, 2.75) is 6.42 Å². The van der Waals surface area contributed by atoms with Crippen molar-refractivity contribution in [2.75, 3.05) is 52.2 Å². The van der Waals surface area contributed by atoms with E-state index in [1.165, 1.54) is 5.56 Å². The Balaban J connectivity index is 1.56. The van der Waals surface area contributed by atoms with Crippen LogP contribution in [0.2, 0.25) is 0 Å². The molecule has 1 aliphatic rings. The van der Waals surface area contributed by atoms with E-state index in [1.54, 1.807) is 13.3 Å². The zero-order valence-electron chi connectivity index (χ0n) is 15.4. The van der Waals surface area contributed by atoms with Crippen LogP contribution in [0.3, 0.4) is 0 Å². The van der Waals surface area contributed by atoms with Gasteiger partial charge in [0.2, 0.25) is 0 Å². The molecule has 0 spiro atoms. The van der Waals surface area contributed by atoms with E-state index in [-0.39, 0.29) is 5.91 Å². The third-order valence-corrected chi connectivity index (χ3v) is 4.65. The molecule has 6 nitrogen and oxygen atoms in total. The van der Waals surface area contributed by atoms with Crippen molar-refractivity contribution in [1.29, 1.82) is 0 Å². The summed E-state index contributed by atoms with van der Waals surface area (Å²) < 4.78 is 5.25. The first-order chi connectivity index (χ1) is 12.7. The van der Waals surface area contributed by atoms with Gasteiger partial charge in [-0.15, -0.1) is 0 Å². The maximum Gasteiger partial charge on any atom is 0.272 e. The highest BCUT2D eigenvalue weighted by Gasteiger charge is 2.21. The van der Waals surface area contributed by atoms with Crippen LogP contribution in [0.15, 0.2) is 42.6 Å². The van der Waals surface area contributed by atoms with Crippen LogP contribution in [-0.2, 0) is 6.42 Å². The van der Waals surface area contributed by atoms with Crippen LogP contribution in [0.1, 0.15) is 16.1 Å². The highest BCUT2D eigenvalue weighted by Crippen LogP contribution is 2.14. The second-order valence-electron chi connectivity index (χ2n) is 6.55. The lowest BCUT2D eigenvalue weighted by atomic mass is 10.1. The fourth-order valence-electron chi connectivity index (χ4n) is 3.01. The summed E-state index contributed by atoms with van der Waals surface area (Å²) in [6, 6.07) is 11.8. The average molecular weight is 354 g/mol. The van der Waals surface area contributed by atoms with E-state index in [0.717, 1.165) is 50.6 Å². The number of anilines is 1. The van der Waals surface area contributed by atoms with Crippen LogP contribution in [-0.4, -0.2) is 67.6 Å². The Morgan fingerprint density at radius 3 is 2.77 bits per heavy atom. The molecule has 2 heterocycles. The molecule has 1 saturated heterocycles. The number of rotatable bonds is 6. The number of hydrogen-bond donors (Lipinski definition) is 1. The first-order valence-electron chi connectivity index (χ1n) is 8.96. The van der Waals surface area contributed by atoms with Gasteiger partial charge in [0, 0.05) is 44.6 Å². The molecule has 0 saturated carbocycles. The summed E-state index contributed by atoms with van der Waals surface area (Å²) in [5, 5.41) is 3.38. The lowest BCUT2D eigenvalue weighted by Gasteiger charge is -2.32. The smallest absolute Gasteiger partial charge is 0.272 e. The lowest BCUT2D eigenvalue weighted by Crippen LogP contribution is -2.47. The number of likely N-dealkylation sites (N-methyl/N-ethyl adjacent to an activating group) is 1. The summed E-state index contributed by atoms with van der Waals surface area (Å²) in [6.45, 7) is 4.10. The molecule has 2 aromatic rings. The molecule has 1 aromatic carbocycles. The Hall–Kier alpha value is -2.60. The van der Waals surface area contributed by atoms with Crippen molar-refractivity contribution in [3.05, 3.63) is 53.9 Å². The summed E-state index contributed by atoms with van der Waals surface area (Å²) in [5.41, 5.74) is 2.63. The maximum absolute atomic E-state index is 12.6. The molecule has 0 aliphatic carbocycles. The van der Waals surface area contributed by atoms with Crippen molar-refractivity contribution in [3.8, 4) is 5.75 Å². The van der Waals surface area contributed by atoms with E-state index in [1.807, 2.05) is 35.2 Å². The Kier molecular flexibility index (Phi) is 6.07. The Morgan fingerprint density at radius 1 is 1.19 bits per heavy atom. The molecule has 1 fully saturated rings. The molecule has 1 aliphatic heterocycles. The molecular weight excluding hydrogens is 328 g/mol. The van der Waals surface area contributed by atoms with E-state index >= 15 is 0 Å². The number of aromatic nitrogens is 1. The van der Waals surface area contributed by atoms with Crippen molar-refractivity contribution >= 4 is 11.6 Å². The predicted octanol–water partition coefficient (Wildman–Crippen LogP) is 2.13. The van der Waals surface area contributed by atoms with E-state index < -0.39 is 0 Å². The standard InChI is InChI=1S/C20H26N4O2/c1-23-10-12-24(13-11-23)20(25)19-15-17(7-9-22-19)21-8-6-16-4-3-5-18(14-16)26-2/h3-5,7,9,14-15H,6,8,10-13H2,1-2H3,(H,21,22). The van der Waals surface area contributed by atoms with Crippen LogP contribution < -0.4 is 10.1 Å². The number of carbonyl (C=O) groups is 1. The minimum Gasteiger partial charge on any atom is -0.497 e. The van der Waals surface area contributed by atoms with Crippen LogP contribution >= 0.6 is 0 Å².